The smallest absolute Gasteiger partial charge is 0.142 e. The van der Waals surface area contributed by atoms with Crippen molar-refractivity contribution in [1.29, 1.82) is 0 Å². The van der Waals surface area contributed by atoms with Crippen LogP contribution in [-0.2, 0) is 6.42 Å². The lowest BCUT2D eigenvalue weighted by Gasteiger charge is -2.18. The normalized spacial score (nSPS) is 18.5. The van der Waals surface area contributed by atoms with Crippen LogP contribution in [0.2, 0.25) is 5.02 Å². The summed E-state index contributed by atoms with van der Waals surface area (Å²) in [7, 11) is 0. The lowest BCUT2D eigenvalue weighted by atomic mass is 9.93. The van der Waals surface area contributed by atoms with Crippen LogP contribution in [0.5, 0.6) is 0 Å². The van der Waals surface area contributed by atoms with Crippen LogP contribution < -0.4 is 5.73 Å². The van der Waals surface area contributed by atoms with E-state index in [1.54, 1.807) is 6.07 Å². The van der Waals surface area contributed by atoms with E-state index < -0.39 is 0 Å². The second-order valence-corrected chi connectivity index (χ2v) is 5.34. The van der Waals surface area contributed by atoms with Gasteiger partial charge in [0.15, 0.2) is 0 Å². The third kappa shape index (κ3) is 3.20. The first-order valence-electron chi connectivity index (χ1n) is 6.37. The van der Waals surface area contributed by atoms with Crippen molar-refractivity contribution in [1.82, 2.24) is 0 Å². The Balaban J connectivity index is 1.90. The van der Waals surface area contributed by atoms with Crippen molar-refractivity contribution < 1.29 is 4.39 Å². The van der Waals surface area contributed by atoms with Crippen LogP contribution in [-0.4, -0.2) is 6.04 Å². The topological polar surface area (TPSA) is 26.0 Å². The van der Waals surface area contributed by atoms with Crippen LogP contribution in [0.15, 0.2) is 18.2 Å². The average molecular weight is 256 g/mol. The first kappa shape index (κ1) is 12.8. The van der Waals surface area contributed by atoms with Gasteiger partial charge in [0, 0.05) is 6.04 Å². The third-order valence-electron chi connectivity index (χ3n) is 3.78. The quantitative estimate of drug-likeness (QED) is 0.867. The Morgan fingerprint density at radius 2 is 2.06 bits per heavy atom. The average Bonchev–Trinajstić information content (AvgIpc) is 2.84. The summed E-state index contributed by atoms with van der Waals surface area (Å²) in [6.45, 7) is 0. The number of aryl methyl sites for hydroxylation is 1. The minimum Gasteiger partial charge on any atom is -0.327 e. The number of benzene rings is 1. The Morgan fingerprint density at radius 3 is 2.76 bits per heavy atom. The molecular formula is C14H19ClFN. The van der Waals surface area contributed by atoms with Gasteiger partial charge < -0.3 is 5.73 Å². The van der Waals surface area contributed by atoms with Crippen molar-refractivity contribution in [3.63, 3.8) is 0 Å². The van der Waals surface area contributed by atoms with E-state index in [-0.39, 0.29) is 16.9 Å². The number of hydrogen-bond donors (Lipinski definition) is 1. The van der Waals surface area contributed by atoms with Gasteiger partial charge in [0.25, 0.3) is 0 Å². The van der Waals surface area contributed by atoms with E-state index in [1.807, 2.05) is 6.07 Å². The number of nitrogens with two attached hydrogens (primary N) is 1. The molecule has 1 aromatic rings. The van der Waals surface area contributed by atoms with E-state index in [1.165, 1.54) is 31.7 Å². The maximum absolute atomic E-state index is 13.2. The van der Waals surface area contributed by atoms with Gasteiger partial charge in [-0.05, 0) is 43.2 Å². The summed E-state index contributed by atoms with van der Waals surface area (Å²) < 4.78 is 13.2. The predicted octanol–water partition coefficient (Wildman–Crippen LogP) is 3.93. The fourth-order valence-electron chi connectivity index (χ4n) is 2.68. The molecule has 3 heteroatoms. The molecule has 0 bridgehead atoms. The van der Waals surface area contributed by atoms with Crippen molar-refractivity contribution in [2.45, 2.75) is 44.6 Å². The SMILES string of the molecule is NC(CCc1cccc(F)c1Cl)C1CCCC1. The Hall–Kier alpha value is -0.600. The van der Waals surface area contributed by atoms with Crippen LogP contribution in [0.3, 0.4) is 0 Å². The predicted molar refractivity (Wildman–Crippen MR) is 69.7 cm³/mol. The van der Waals surface area contributed by atoms with Crippen molar-refractivity contribution in [2.24, 2.45) is 11.7 Å². The standard InChI is InChI=1S/C14H19ClFN/c15-14-11(6-3-7-12(14)16)8-9-13(17)10-4-1-2-5-10/h3,6-7,10,13H,1-2,4-5,8-9,17H2. The van der Waals surface area contributed by atoms with Gasteiger partial charge in [0.05, 0.1) is 5.02 Å². The van der Waals surface area contributed by atoms with Crippen LogP contribution in [0, 0.1) is 11.7 Å². The molecule has 1 saturated carbocycles. The van der Waals surface area contributed by atoms with Crippen LogP contribution >= 0.6 is 11.6 Å². The molecular weight excluding hydrogens is 237 g/mol. The molecule has 1 unspecified atom stereocenters. The monoisotopic (exact) mass is 255 g/mol. The molecule has 0 aromatic heterocycles. The second-order valence-electron chi connectivity index (χ2n) is 4.96. The first-order chi connectivity index (χ1) is 8.18. The fourth-order valence-corrected chi connectivity index (χ4v) is 2.91. The van der Waals surface area contributed by atoms with Crippen molar-refractivity contribution in [3.8, 4) is 0 Å². The van der Waals surface area contributed by atoms with Gasteiger partial charge in [0.1, 0.15) is 5.82 Å². The molecule has 0 spiro atoms. The molecule has 2 rings (SSSR count). The first-order valence-corrected chi connectivity index (χ1v) is 6.74. The summed E-state index contributed by atoms with van der Waals surface area (Å²) in [6.07, 6.45) is 6.77. The molecule has 1 fully saturated rings. The molecule has 0 aliphatic heterocycles. The highest BCUT2D eigenvalue weighted by molar-refractivity contribution is 6.31. The minimum absolute atomic E-state index is 0.233. The Morgan fingerprint density at radius 1 is 1.35 bits per heavy atom. The molecule has 17 heavy (non-hydrogen) atoms. The second kappa shape index (κ2) is 5.83. The highest BCUT2D eigenvalue weighted by Crippen LogP contribution is 2.29. The fraction of sp³-hybridized carbons (Fsp3) is 0.571. The van der Waals surface area contributed by atoms with E-state index in [2.05, 4.69) is 0 Å². The van der Waals surface area contributed by atoms with Crippen molar-refractivity contribution >= 4 is 11.6 Å². The Labute approximate surface area is 107 Å². The van der Waals surface area contributed by atoms with Crippen molar-refractivity contribution in [2.75, 3.05) is 0 Å². The van der Waals surface area contributed by atoms with Crippen LogP contribution in [0.4, 0.5) is 4.39 Å². The van der Waals surface area contributed by atoms with Gasteiger partial charge in [-0.2, -0.15) is 0 Å². The molecule has 1 aliphatic rings. The number of rotatable bonds is 4. The lowest BCUT2D eigenvalue weighted by Crippen LogP contribution is -2.28. The van der Waals surface area contributed by atoms with Gasteiger partial charge in [-0.25, -0.2) is 4.39 Å². The summed E-state index contributed by atoms with van der Waals surface area (Å²) in [4.78, 5) is 0. The molecule has 2 N–H and O–H groups in total. The third-order valence-corrected chi connectivity index (χ3v) is 4.21. The molecule has 1 nitrogen and oxygen atoms in total. The summed E-state index contributed by atoms with van der Waals surface area (Å²) in [5.41, 5.74) is 7.05. The van der Waals surface area contributed by atoms with E-state index >= 15 is 0 Å². The molecule has 0 amide bonds. The molecule has 94 valence electrons. The highest BCUT2D eigenvalue weighted by Gasteiger charge is 2.21. The van der Waals surface area contributed by atoms with Crippen molar-refractivity contribution in [3.05, 3.63) is 34.6 Å². The van der Waals surface area contributed by atoms with Gasteiger partial charge in [0.2, 0.25) is 0 Å². The zero-order chi connectivity index (χ0) is 12.3. The van der Waals surface area contributed by atoms with Gasteiger partial charge in [-0.1, -0.05) is 36.6 Å². The number of hydrogen-bond acceptors (Lipinski definition) is 1. The summed E-state index contributed by atoms with van der Waals surface area (Å²) in [5.74, 6) is 0.320. The van der Waals surface area contributed by atoms with Crippen LogP contribution in [0.1, 0.15) is 37.7 Å². The molecule has 1 aliphatic carbocycles. The Kier molecular flexibility index (Phi) is 4.41. The van der Waals surface area contributed by atoms with Gasteiger partial charge >= 0.3 is 0 Å². The molecule has 1 atom stereocenters. The summed E-state index contributed by atoms with van der Waals surface area (Å²) in [6, 6.07) is 5.21. The van der Waals surface area contributed by atoms with E-state index in [0.29, 0.717) is 5.92 Å². The minimum atomic E-state index is -0.335. The van der Waals surface area contributed by atoms with Crippen LogP contribution in [0.25, 0.3) is 0 Å². The maximum Gasteiger partial charge on any atom is 0.142 e. The number of halogens is 2. The molecule has 0 heterocycles. The highest BCUT2D eigenvalue weighted by atomic mass is 35.5. The molecule has 1 aromatic carbocycles. The van der Waals surface area contributed by atoms with Gasteiger partial charge in [-0.15, -0.1) is 0 Å². The van der Waals surface area contributed by atoms with E-state index in [0.717, 1.165) is 18.4 Å². The van der Waals surface area contributed by atoms with E-state index in [4.69, 9.17) is 17.3 Å². The maximum atomic E-state index is 13.2. The summed E-state index contributed by atoms with van der Waals surface area (Å²) in [5, 5.41) is 0.256. The molecule has 0 radical (unpaired) electrons. The lowest BCUT2D eigenvalue weighted by molar-refractivity contribution is 0.410. The molecule has 0 saturated heterocycles. The Bertz CT molecular complexity index is 374. The largest absolute Gasteiger partial charge is 0.327 e. The zero-order valence-corrected chi connectivity index (χ0v) is 10.7. The summed E-state index contributed by atoms with van der Waals surface area (Å²) >= 11 is 5.92. The van der Waals surface area contributed by atoms with Gasteiger partial charge in [-0.3, -0.25) is 0 Å². The van der Waals surface area contributed by atoms with E-state index in [9.17, 15) is 4.39 Å². The zero-order valence-electron chi connectivity index (χ0n) is 9.96.